The molecule has 0 N–H and O–H groups in total. The van der Waals surface area contributed by atoms with Crippen molar-refractivity contribution in [2.45, 2.75) is 26.7 Å². The van der Waals surface area contributed by atoms with Gasteiger partial charge in [-0.15, -0.1) is 0 Å². The Hall–Kier alpha value is -2.01. The lowest BCUT2D eigenvalue weighted by Gasteiger charge is -2.11. The van der Waals surface area contributed by atoms with Gasteiger partial charge in [0.15, 0.2) is 0 Å². The average Bonchev–Trinajstić information content (AvgIpc) is 2.43. The van der Waals surface area contributed by atoms with E-state index in [2.05, 4.69) is 19.9 Å². The summed E-state index contributed by atoms with van der Waals surface area (Å²) < 4.78 is 5.86. The number of rotatable bonds is 5. The largest absolute Gasteiger partial charge is 0.493 e. The van der Waals surface area contributed by atoms with E-state index >= 15 is 0 Å². The maximum Gasteiger partial charge on any atom is 0.127 e. The lowest BCUT2D eigenvalue weighted by atomic mass is 10.0. The van der Waals surface area contributed by atoms with Gasteiger partial charge in [0.2, 0.25) is 0 Å². The topological polar surface area (TPSA) is 33.0 Å². The molecule has 0 spiro atoms. The van der Waals surface area contributed by atoms with Crippen molar-refractivity contribution >= 4 is 10.8 Å². The van der Waals surface area contributed by atoms with Crippen LogP contribution >= 0.6 is 0 Å². The number of benzene rings is 2. The van der Waals surface area contributed by atoms with Crippen molar-refractivity contribution in [2.75, 3.05) is 6.61 Å². The summed E-state index contributed by atoms with van der Waals surface area (Å²) in [4.78, 5) is 0. The zero-order valence-electron chi connectivity index (χ0n) is 11.5. The van der Waals surface area contributed by atoms with Crippen molar-refractivity contribution < 1.29 is 4.74 Å². The SMILES string of the molecule is CC(C)CCCOc1ccc(C#N)c2ccccc12. The zero-order chi connectivity index (χ0) is 13.7. The van der Waals surface area contributed by atoms with Gasteiger partial charge in [0.1, 0.15) is 5.75 Å². The van der Waals surface area contributed by atoms with Gasteiger partial charge < -0.3 is 4.74 Å². The van der Waals surface area contributed by atoms with E-state index in [0.29, 0.717) is 11.5 Å². The van der Waals surface area contributed by atoms with Gasteiger partial charge in [0, 0.05) is 10.8 Å². The molecule has 0 aliphatic heterocycles. The van der Waals surface area contributed by atoms with E-state index in [4.69, 9.17) is 10.00 Å². The van der Waals surface area contributed by atoms with Crippen LogP contribution in [0.1, 0.15) is 32.3 Å². The number of ether oxygens (including phenoxy) is 1. The highest BCUT2D eigenvalue weighted by molar-refractivity contribution is 5.92. The molecular formula is C17H19NO. The molecule has 0 bridgehead atoms. The summed E-state index contributed by atoms with van der Waals surface area (Å²) >= 11 is 0. The van der Waals surface area contributed by atoms with Gasteiger partial charge in [-0.05, 0) is 30.9 Å². The molecule has 0 fully saturated rings. The lowest BCUT2D eigenvalue weighted by molar-refractivity contribution is 0.301. The van der Waals surface area contributed by atoms with Crippen molar-refractivity contribution in [1.82, 2.24) is 0 Å². The van der Waals surface area contributed by atoms with Crippen LogP contribution in [0.3, 0.4) is 0 Å². The van der Waals surface area contributed by atoms with Crippen molar-refractivity contribution in [3.63, 3.8) is 0 Å². The van der Waals surface area contributed by atoms with Crippen LogP contribution in [0.2, 0.25) is 0 Å². The van der Waals surface area contributed by atoms with E-state index in [0.717, 1.165) is 29.5 Å². The number of hydrogen-bond acceptors (Lipinski definition) is 2. The van der Waals surface area contributed by atoms with Crippen LogP contribution in [0.15, 0.2) is 36.4 Å². The van der Waals surface area contributed by atoms with Crippen molar-refractivity contribution in [2.24, 2.45) is 5.92 Å². The Kier molecular flexibility index (Phi) is 4.41. The highest BCUT2D eigenvalue weighted by atomic mass is 16.5. The summed E-state index contributed by atoms with van der Waals surface area (Å²) in [6.45, 7) is 5.17. The number of fused-ring (bicyclic) bond motifs is 1. The van der Waals surface area contributed by atoms with Crippen LogP contribution in [-0.2, 0) is 0 Å². The maximum absolute atomic E-state index is 9.11. The second-order valence-corrected chi connectivity index (χ2v) is 5.15. The summed E-state index contributed by atoms with van der Waals surface area (Å²) in [7, 11) is 0. The Morgan fingerprint density at radius 2 is 1.84 bits per heavy atom. The third-order valence-corrected chi connectivity index (χ3v) is 3.19. The average molecular weight is 253 g/mol. The summed E-state index contributed by atoms with van der Waals surface area (Å²) in [6.07, 6.45) is 2.24. The molecule has 2 nitrogen and oxygen atoms in total. The molecule has 0 saturated heterocycles. The molecule has 0 amide bonds. The molecule has 0 aliphatic carbocycles. The van der Waals surface area contributed by atoms with Crippen molar-refractivity contribution in [1.29, 1.82) is 5.26 Å². The second-order valence-electron chi connectivity index (χ2n) is 5.15. The van der Waals surface area contributed by atoms with Crippen LogP contribution in [0.25, 0.3) is 10.8 Å². The monoisotopic (exact) mass is 253 g/mol. The van der Waals surface area contributed by atoms with Crippen LogP contribution in [0.5, 0.6) is 5.75 Å². The fourth-order valence-electron chi connectivity index (χ4n) is 2.17. The predicted octanol–water partition coefficient (Wildman–Crippen LogP) is 4.53. The van der Waals surface area contributed by atoms with Gasteiger partial charge in [0.05, 0.1) is 18.2 Å². The minimum absolute atomic E-state index is 0.699. The summed E-state index contributed by atoms with van der Waals surface area (Å²) in [5.74, 6) is 1.58. The Morgan fingerprint density at radius 3 is 2.53 bits per heavy atom. The molecule has 0 saturated carbocycles. The molecule has 98 valence electrons. The smallest absolute Gasteiger partial charge is 0.127 e. The molecule has 0 unspecified atom stereocenters. The fourth-order valence-corrected chi connectivity index (χ4v) is 2.17. The highest BCUT2D eigenvalue weighted by Gasteiger charge is 2.06. The normalized spacial score (nSPS) is 10.6. The predicted molar refractivity (Wildman–Crippen MR) is 78.2 cm³/mol. The van der Waals surface area contributed by atoms with Crippen molar-refractivity contribution in [3.05, 3.63) is 42.0 Å². The second kappa shape index (κ2) is 6.24. The zero-order valence-corrected chi connectivity index (χ0v) is 11.5. The summed E-state index contributed by atoms with van der Waals surface area (Å²) in [5.41, 5.74) is 0.699. The first kappa shape index (κ1) is 13.4. The highest BCUT2D eigenvalue weighted by Crippen LogP contribution is 2.28. The van der Waals surface area contributed by atoms with E-state index in [1.54, 1.807) is 0 Å². The molecule has 19 heavy (non-hydrogen) atoms. The first-order valence-corrected chi connectivity index (χ1v) is 6.77. The van der Waals surface area contributed by atoms with Gasteiger partial charge in [-0.25, -0.2) is 0 Å². The van der Waals surface area contributed by atoms with E-state index in [1.165, 1.54) is 6.42 Å². The van der Waals surface area contributed by atoms with Crippen LogP contribution in [0.4, 0.5) is 0 Å². The fraction of sp³-hybridized carbons (Fsp3) is 0.353. The Labute approximate surface area is 114 Å². The van der Waals surface area contributed by atoms with E-state index in [1.807, 2.05) is 36.4 Å². The quantitative estimate of drug-likeness (QED) is 0.733. The van der Waals surface area contributed by atoms with Gasteiger partial charge in [0.25, 0.3) is 0 Å². The minimum atomic E-state index is 0.699. The van der Waals surface area contributed by atoms with Gasteiger partial charge >= 0.3 is 0 Å². The van der Waals surface area contributed by atoms with E-state index in [9.17, 15) is 0 Å². The molecule has 0 aromatic heterocycles. The summed E-state index contributed by atoms with van der Waals surface area (Å²) in [5, 5.41) is 11.1. The molecular weight excluding hydrogens is 234 g/mol. The Morgan fingerprint density at radius 1 is 1.11 bits per heavy atom. The molecule has 2 heteroatoms. The van der Waals surface area contributed by atoms with Gasteiger partial charge in [-0.1, -0.05) is 38.1 Å². The maximum atomic E-state index is 9.11. The standard InChI is InChI=1S/C17H19NO/c1-13(2)6-5-11-19-17-10-9-14(12-18)15-7-3-4-8-16(15)17/h3-4,7-10,13H,5-6,11H2,1-2H3. The lowest BCUT2D eigenvalue weighted by Crippen LogP contribution is -2.00. The molecule has 0 radical (unpaired) electrons. The number of nitriles is 1. The first-order chi connectivity index (χ1) is 9.22. The third-order valence-electron chi connectivity index (χ3n) is 3.19. The molecule has 2 rings (SSSR count). The molecule has 0 atom stereocenters. The van der Waals surface area contributed by atoms with E-state index in [-0.39, 0.29) is 0 Å². The van der Waals surface area contributed by atoms with Gasteiger partial charge in [-0.3, -0.25) is 0 Å². The minimum Gasteiger partial charge on any atom is -0.493 e. The number of nitrogens with zero attached hydrogens (tertiary/aromatic N) is 1. The molecule has 2 aromatic rings. The van der Waals surface area contributed by atoms with Crippen LogP contribution < -0.4 is 4.74 Å². The van der Waals surface area contributed by atoms with Crippen LogP contribution in [0, 0.1) is 17.2 Å². The number of hydrogen-bond donors (Lipinski definition) is 0. The van der Waals surface area contributed by atoms with Gasteiger partial charge in [-0.2, -0.15) is 5.26 Å². The molecule has 0 heterocycles. The Bertz CT molecular complexity index is 596. The summed E-state index contributed by atoms with van der Waals surface area (Å²) in [6, 6.07) is 13.9. The van der Waals surface area contributed by atoms with Crippen molar-refractivity contribution in [3.8, 4) is 11.8 Å². The molecule has 0 aliphatic rings. The first-order valence-electron chi connectivity index (χ1n) is 6.77. The molecule has 2 aromatic carbocycles. The Balaban J connectivity index is 2.18. The van der Waals surface area contributed by atoms with Crippen LogP contribution in [-0.4, -0.2) is 6.61 Å². The van der Waals surface area contributed by atoms with E-state index < -0.39 is 0 Å². The third kappa shape index (κ3) is 3.26.